The summed E-state index contributed by atoms with van der Waals surface area (Å²) in [5.41, 5.74) is 7.60. The molecule has 19 heavy (non-hydrogen) atoms. The number of halogens is 4. The number of hydrogen-bond donors (Lipinski definition) is 1. The number of benzene rings is 2. The highest BCUT2D eigenvalue weighted by Gasteiger charge is 2.38. The molecule has 5 heteroatoms. The summed E-state index contributed by atoms with van der Waals surface area (Å²) in [6, 6.07) is 8.81. The predicted molar refractivity (Wildman–Crippen MR) is 69.1 cm³/mol. The Morgan fingerprint density at radius 2 is 1.79 bits per heavy atom. The lowest BCUT2D eigenvalue weighted by atomic mass is 10.0. The number of alkyl halides is 3. The van der Waals surface area contributed by atoms with Crippen molar-refractivity contribution in [2.45, 2.75) is 12.6 Å². The van der Waals surface area contributed by atoms with Crippen LogP contribution in [0.25, 0.3) is 11.1 Å². The van der Waals surface area contributed by atoms with Crippen LogP contribution in [0.4, 0.5) is 18.9 Å². The number of hydrogen-bond acceptors (Lipinski definition) is 1. The average Bonchev–Trinajstić information content (AvgIpc) is 2.67. The number of anilines is 1. The molecule has 2 N–H and O–H groups in total. The molecule has 0 saturated heterocycles. The van der Waals surface area contributed by atoms with Crippen molar-refractivity contribution in [1.29, 1.82) is 0 Å². The van der Waals surface area contributed by atoms with E-state index in [0.29, 0.717) is 17.5 Å². The molecule has 0 saturated carbocycles. The smallest absolute Gasteiger partial charge is 0.398 e. The van der Waals surface area contributed by atoms with Crippen LogP contribution in [-0.2, 0) is 12.6 Å². The van der Waals surface area contributed by atoms with Gasteiger partial charge in [-0.3, -0.25) is 0 Å². The van der Waals surface area contributed by atoms with Gasteiger partial charge >= 0.3 is 6.18 Å². The van der Waals surface area contributed by atoms with E-state index >= 15 is 0 Å². The Kier molecular flexibility index (Phi) is 2.54. The van der Waals surface area contributed by atoms with Gasteiger partial charge in [-0.15, -0.1) is 0 Å². The van der Waals surface area contributed by atoms with Gasteiger partial charge in [-0.1, -0.05) is 35.9 Å². The largest absolute Gasteiger partial charge is 0.419 e. The second kappa shape index (κ2) is 3.90. The molecule has 1 aliphatic carbocycles. The highest BCUT2D eigenvalue weighted by molar-refractivity contribution is 6.32. The van der Waals surface area contributed by atoms with E-state index in [4.69, 9.17) is 17.3 Å². The number of fused-ring (bicyclic) bond motifs is 3. The zero-order valence-electron chi connectivity index (χ0n) is 9.68. The van der Waals surface area contributed by atoms with Crippen LogP contribution < -0.4 is 5.73 Å². The van der Waals surface area contributed by atoms with Gasteiger partial charge in [0, 0.05) is 12.1 Å². The Morgan fingerprint density at radius 1 is 1.11 bits per heavy atom. The van der Waals surface area contributed by atoms with Crippen molar-refractivity contribution < 1.29 is 13.2 Å². The molecule has 0 unspecified atom stereocenters. The lowest BCUT2D eigenvalue weighted by Gasteiger charge is -2.15. The minimum absolute atomic E-state index is 0.258. The molecule has 0 radical (unpaired) electrons. The normalized spacial score (nSPS) is 13.3. The SMILES string of the molecule is Nc1c2c(cc(Cl)c1C(F)(F)F)-c1ccccc1C2. The van der Waals surface area contributed by atoms with Crippen molar-refractivity contribution in [3.05, 3.63) is 52.0 Å². The monoisotopic (exact) mass is 283 g/mol. The van der Waals surface area contributed by atoms with E-state index in [-0.39, 0.29) is 10.7 Å². The summed E-state index contributed by atoms with van der Waals surface area (Å²) >= 11 is 5.76. The van der Waals surface area contributed by atoms with Crippen molar-refractivity contribution in [2.75, 3.05) is 5.73 Å². The zero-order chi connectivity index (χ0) is 13.8. The summed E-state index contributed by atoms with van der Waals surface area (Å²) in [5, 5.41) is -0.347. The van der Waals surface area contributed by atoms with Gasteiger partial charge < -0.3 is 5.73 Å². The first-order valence-electron chi connectivity index (χ1n) is 5.66. The van der Waals surface area contributed by atoms with Gasteiger partial charge in [0.1, 0.15) is 0 Å². The zero-order valence-corrected chi connectivity index (χ0v) is 10.4. The minimum atomic E-state index is -4.54. The van der Waals surface area contributed by atoms with Crippen LogP contribution in [0.1, 0.15) is 16.7 Å². The van der Waals surface area contributed by atoms with Crippen LogP contribution in [0.15, 0.2) is 30.3 Å². The summed E-state index contributed by atoms with van der Waals surface area (Å²) in [4.78, 5) is 0. The van der Waals surface area contributed by atoms with Crippen molar-refractivity contribution in [1.82, 2.24) is 0 Å². The van der Waals surface area contributed by atoms with E-state index in [0.717, 1.165) is 11.1 Å². The average molecular weight is 284 g/mol. The molecule has 0 spiro atoms. The van der Waals surface area contributed by atoms with Gasteiger partial charge in [-0.25, -0.2) is 0 Å². The molecule has 0 amide bonds. The third kappa shape index (κ3) is 1.78. The first-order valence-corrected chi connectivity index (χ1v) is 6.03. The molecule has 0 atom stereocenters. The van der Waals surface area contributed by atoms with Crippen LogP contribution in [0, 0.1) is 0 Å². The molecule has 2 aromatic rings. The minimum Gasteiger partial charge on any atom is -0.398 e. The summed E-state index contributed by atoms with van der Waals surface area (Å²) in [6.07, 6.45) is -4.12. The second-order valence-electron chi connectivity index (χ2n) is 4.50. The van der Waals surface area contributed by atoms with Crippen molar-refractivity contribution in [3.8, 4) is 11.1 Å². The second-order valence-corrected chi connectivity index (χ2v) is 4.91. The van der Waals surface area contributed by atoms with E-state index < -0.39 is 11.7 Å². The van der Waals surface area contributed by atoms with E-state index in [1.807, 2.05) is 24.3 Å². The first kappa shape index (κ1) is 12.4. The Labute approximate surface area is 112 Å². The standard InChI is InChI=1S/C14H9ClF3N/c15-11-6-9-8-4-2-1-3-7(8)5-10(9)13(19)12(11)14(16,17)18/h1-4,6H,5,19H2. The predicted octanol–water partition coefficient (Wildman–Crippen LogP) is 4.51. The molecule has 98 valence electrons. The first-order chi connectivity index (χ1) is 8.89. The summed E-state index contributed by atoms with van der Waals surface area (Å²) in [5.74, 6) is 0. The quantitative estimate of drug-likeness (QED) is 0.604. The summed E-state index contributed by atoms with van der Waals surface area (Å²) in [7, 11) is 0. The maximum Gasteiger partial charge on any atom is 0.419 e. The van der Waals surface area contributed by atoms with E-state index in [2.05, 4.69) is 0 Å². The molecule has 0 aromatic heterocycles. The van der Waals surface area contributed by atoms with Crippen molar-refractivity contribution in [3.63, 3.8) is 0 Å². The molecule has 0 aliphatic heterocycles. The lowest BCUT2D eigenvalue weighted by molar-refractivity contribution is -0.136. The molecule has 1 aliphatic rings. The van der Waals surface area contributed by atoms with E-state index in [1.165, 1.54) is 6.07 Å². The highest BCUT2D eigenvalue weighted by atomic mass is 35.5. The lowest BCUT2D eigenvalue weighted by Crippen LogP contribution is -2.11. The molecule has 3 rings (SSSR count). The van der Waals surface area contributed by atoms with Gasteiger partial charge in [0.15, 0.2) is 0 Å². The van der Waals surface area contributed by atoms with Crippen LogP contribution in [0.5, 0.6) is 0 Å². The van der Waals surface area contributed by atoms with Crippen molar-refractivity contribution in [2.24, 2.45) is 0 Å². The summed E-state index contributed by atoms with van der Waals surface area (Å²) in [6.45, 7) is 0. The molecule has 0 fully saturated rings. The number of rotatable bonds is 0. The van der Waals surface area contributed by atoms with Crippen LogP contribution in [0.2, 0.25) is 5.02 Å². The molecule has 1 nitrogen and oxygen atoms in total. The molecule has 0 bridgehead atoms. The Morgan fingerprint density at radius 3 is 2.47 bits per heavy atom. The Bertz CT molecular complexity index is 677. The molecular weight excluding hydrogens is 275 g/mol. The van der Waals surface area contributed by atoms with Gasteiger partial charge in [-0.2, -0.15) is 13.2 Å². The molecule has 2 aromatic carbocycles. The fourth-order valence-corrected chi connectivity index (χ4v) is 2.88. The van der Waals surface area contributed by atoms with Gasteiger partial charge in [0.2, 0.25) is 0 Å². The topological polar surface area (TPSA) is 26.0 Å². The number of nitrogens with two attached hydrogens (primary N) is 1. The fraction of sp³-hybridized carbons (Fsp3) is 0.143. The van der Waals surface area contributed by atoms with Crippen LogP contribution in [0.3, 0.4) is 0 Å². The van der Waals surface area contributed by atoms with E-state index in [9.17, 15) is 13.2 Å². The Balaban J connectivity index is 2.29. The van der Waals surface area contributed by atoms with Gasteiger partial charge in [0.25, 0.3) is 0 Å². The molecular formula is C14H9ClF3N. The summed E-state index contributed by atoms with van der Waals surface area (Å²) < 4.78 is 38.8. The third-order valence-electron chi connectivity index (χ3n) is 3.39. The molecule has 0 heterocycles. The van der Waals surface area contributed by atoms with Crippen LogP contribution >= 0.6 is 11.6 Å². The fourth-order valence-electron chi connectivity index (χ4n) is 2.56. The van der Waals surface area contributed by atoms with E-state index in [1.54, 1.807) is 0 Å². The number of nitrogen functional groups attached to an aromatic ring is 1. The maximum atomic E-state index is 12.9. The van der Waals surface area contributed by atoms with Crippen LogP contribution in [-0.4, -0.2) is 0 Å². The maximum absolute atomic E-state index is 12.9. The van der Waals surface area contributed by atoms with Gasteiger partial charge in [-0.05, 0) is 28.3 Å². The Hall–Kier alpha value is -1.68. The van der Waals surface area contributed by atoms with Crippen molar-refractivity contribution >= 4 is 17.3 Å². The third-order valence-corrected chi connectivity index (χ3v) is 3.69. The highest BCUT2D eigenvalue weighted by Crippen LogP contribution is 2.47. The van der Waals surface area contributed by atoms with Gasteiger partial charge in [0.05, 0.1) is 10.6 Å².